The van der Waals surface area contributed by atoms with E-state index in [4.69, 9.17) is 0 Å². The van der Waals surface area contributed by atoms with Gasteiger partial charge in [-0.05, 0) is 31.2 Å². The Morgan fingerprint density at radius 3 is 2.37 bits per heavy atom. The maximum absolute atomic E-state index is 14.2. The van der Waals surface area contributed by atoms with Crippen LogP contribution >= 0.6 is 0 Å². The van der Waals surface area contributed by atoms with Crippen molar-refractivity contribution in [2.24, 2.45) is 5.92 Å². The number of nitrogens with one attached hydrogen (secondary N) is 5. The van der Waals surface area contributed by atoms with Crippen LogP contribution in [0, 0.1) is 17.6 Å². The van der Waals surface area contributed by atoms with Gasteiger partial charge in [-0.2, -0.15) is 0 Å². The topological polar surface area (TPSA) is 179 Å². The van der Waals surface area contributed by atoms with Crippen molar-refractivity contribution in [2.45, 2.75) is 64.2 Å². The highest BCUT2D eigenvalue weighted by Crippen LogP contribution is 2.10. The maximum Gasteiger partial charge on any atom is 0.273 e. The van der Waals surface area contributed by atoms with Crippen molar-refractivity contribution in [1.82, 2.24) is 36.5 Å². The Labute approximate surface area is 265 Å². The zero-order valence-corrected chi connectivity index (χ0v) is 26.1. The van der Waals surface area contributed by atoms with Crippen LogP contribution in [0.4, 0.5) is 8.78 Å². The fourth-order valence-electron chi connectivity index (χ4n) is 4.73. The maximum atomic E-state index is 14.2. The molecular formula is C31H39F2N7O6. The second-order valence-electron chi connectivity index (χ2n) is 11.4. The summed E-state index contributed by atoms with van der Waals surface area (Å²) in [5.41, 5.74) is 0.0261. The molecular weight excluding hydrogens is 604 g/mol. The summed E-state index contributed by atoms with van der Waals surface area (Å²) in [4.78, 5) is 83.4. The molecule has 1 fully saturated rings. The second kappa shape index (κ2) is 16.4. The minimum absolute atomic E-state index is 0.0411. The van der Waals surface area contributed by atoms with E-state index >= 15 is 0 Å². The number of aromatic nitrogens is 1. The molecule has 6 amide bonds. The predicted molar refractivity (Wildman–Crippen MR) is 162 cm³/mol. The first kappa shape index (κ1) is 35.5. The van der Waals surface area contributed by atoms with Crippen LogP contribution in [0.3, 0.4) is 0 Å². The van der Waals surface area contributed by atoms with E-state index in [0.29, 0.717) is 12.3 Å². The molecule has 0 radical (unpaired) electrons. The Morgan fingerprint density at radius 1 is 1.02 bits per heavy atom. The molecule has 1 aromatic heterocycles. The Bertz CT molecular complexity index is 1440. The number of benzene rings is 1. The van der Waals surface area contributed by atoms with Gasteiger partial charge in [-0.1, -0.05) is 44.2 Å². The van der Waals surface area contributed by atoms with E-state index in [9.17, 15) is 37.5 Å². The molecule has 4 atom stereocenters. The van der Waals surface area contributed by atoms with Crippen LogP contribution in [-0.4, -0.2) is 89.6 Å². The number of hydrogen-bond donors (Lipinski definition) is 5. The summed E-state index contributed by atoms with van der Waals surface area (Å²) in [6.07, 6.45) is 0.885. The highest BCUT2D eigenvalue weighted by atomic mass is 19.1. The van der Waals surface area contributed by atoms with E-state index in [1.54, 1.807) is 38.1 Å². The first-order chi connectivity index (χ1) is 21.8. The number of nitrogens with zero attached hydrogens (tertiary/aromatic N) is 2. The molecule has 1 aromatic carbocycles. The smallest absolute Gasteiger partial charge is 0.273 e. The first-order valence-corrected chi connectivity index (χ1v) is 14.9. The molecule has 2 heterocycles. The number of rotatable bonds is 5. The molecule has 2 aromatic rings. The number of amides is 6. The molecule has 46 heavy (non-hydrogen) atoms. The van der Waals surface area contributed by atoms with Crippen molar-refractivity contribution >= 4 is 35.4 Å². The minimum Gasteiger partial charge on any atom is -0.355 e. The van der Waals surface area contributed by atoms with Gasteiger partial charge in [-0.3, -0.25) is 28.8 Å². The number of likely N-dealkylation sites (N-methyl/N-ethyl adjacent to an activating group) is 1. The van der Waals surface area contributed by atoms with Crippen molar-refractivity contribution in [3.63, 3.8) is 0 Å². The van der Waals surface area contributed by atoms with Crippen molar-refractivity contribution in [3.05, 3.63) is 65.5 Å². The second-order valence-corrected chi connectivity index (χ2v) is 11.4. The summed E-state index contributed by atoms with van der Waals surface area (Å²) in [7, 11) is 1.42. The number of carbonyl (C=O) groups excluding carboxylic acids is 6. The van der Waals surface area contributed by atoms with Crippen LogP contribution in [0.2, 0.25) is 0 Å². The van der Waals surface area contributed by atoms with Crippen LogP contribution in [0.25, 0.3) is 0 Å². The molecule has 3 rings (SSSR count). The van der Waals surface area contributed by atoms with Crippen LogP contribution in [-0.2, 0) is 30.4 Å². The molecule has 15 heteroatoms. The van der Waals surface area contributed by atoms with Crippen LogP contribution in [0.15, 0.2) is 42.6 Å². The minimum atomic E-state index is -1.31. The lowest BCUT2D eigenvalue weighted by molar-refractivity contribution is -0.139. The highest BCUT2D eigenvalue weighted by molar-refractivity contribution is 5.98. The number of pyridine rings is 1. The van der Waals surface area contributed by atoms with Gasteiger partial charge in [0.1, 0.15) is 30.0 Å². The molecule has 248 valence electrons. The van der Waals surface area contributed by atoms with Gasteiger partial charge in [-0.15, -0.1) is 0 Å². The van der Waals surface area contributed by atoms with E-state index in [1.807, 2.05) is 6.07 Å². The van der Waals surface area contributed by atoms with Gasteiger partial charge in [0.2, 0.25) is 29.5 Å². The quantitative estimate of drug-likeness (QED) is 0.309. The van der Waals surface area contributed by atoms with Gasteiger partial charge in [0, 0.05) is 26.1 Å². The van der Waals surface area contributed by atoms with Gasteiger partial charge in [0.25, 0.3) is 5.91 Å². The third-order valence-electron chi connectivity index (χ3n) is 7.29. The molecule has 0 aliphatic carbocycles. The molecule has 0 bridgehead atoms. The SMILES string of the molecule is CC(C)[C@H]1NC(=O)[C@@H](NC(=O)c2ncc(F)cc2F)CCCNC(=O)CN(C)C(=O)[C@H](Cc2ccccc2)NC(=O)[C@@H](C)NC1=O. The van der Waals surface area contributed by atoms with E-state index in [0.717, 1.165) is 5.56 Å². The number of hydrogen-bond acceptors (Lipinski definition) is 7. The summed E-state index contributed by atoms with van der Waals surface area (Å²) in [6, 6.07) is 4.80. The summed E-state index contributed by atoms with van der Waals surface area (Å²) in [5, 5.41) is 12.8. The fraction of sp³-hybridized carbons (Fsp3) is 0.452. The van der Waals surface area contributed by atoms with Gasteiger partial charge >= 0.3 is 0 Å². The summed E-state index contributed by atoms with van der Waals surface area (Å²) < 4.78 is 27.6. The molecule has 0 spiro atoms. The van der Waals surface area contributed by atoms with E-state index in [2.05, 4.69) is 31.6 Å². The normalized spacial score (nSPS) is 22.6. The third-order valence-corrected chi connectivity index (χ3v) is 7.29. The molecule has 0 unspecified atom stereocenters. The van der Waals surface area contributed by atoms with E-state index in [1.165, 1.54) is 18.9 Å². The Kier molecular flexibility index (Phi) is 12.7. The van der Waals surface area contributed by atoms with Crippen molar-refractivity contribution in [1.29, 1.82) is 0 Å². The van der Waals surface area contributed by atoms with E-state index < -0.39 is 82.9 Å². The van der Waals surface area contributed by atoms with Crippen molar-refractivity contribution < 1.29 is 37.5 Å². The van der Waals surface area contributed by atoms with Crippen LogP contribution < -0.4 is 26.6 Å². The van der Waals surface area contributed by atoms with Gasteiger partial charge in [-0.25, -0.2) is 13.8 Å². The Morgan fingerprint density at radius 2 is 1.72 bits per heavy atom. The van der Waals surface area contributed by atoms with Crippen molar-refractivity contribution in [2.75, 3.05) is 20.1 Å². The zero-order valence-electron chi connectivity index (χ0n) is 26.1. The molecule has 13 nitrogen and oxygen atoms in total. The van der Waals surface area contributed by atoms with Gasteiger partial charge < -0.3 is 31.5 Å². The average molecular weight is 644 g/mol. The van der Waals surface area contributed by atoms with Crippen molar-refractivity contribution in [3.8, 4) is 0 Å². The largest absolute Gasteiger partial charge is 0.355 e. The number of carbonyl (C=O) groups is 6. The third kappa shape index (κ3) is 10.0. The molecule has 1 saturated heterocycles. The Hall–Kier alpha value is -4.95. The highest BCUT2D eigenvalue weighted by Gasteiger charge is 2.33. The van der Waals surface area contributed by atoms with E-state index in [-0.39, 0.29) is 32.4 Å². The monoisotopic (exact) mass is 643 g/mol. The zero-order chi connectivity index (χ0) is 34.0. The molecule has 5 N–H and O–H groups in total. The average Bonchev–Trinajstić information content (AvgIpc) is 3.00. The van der Waals surface area contributed by atoms with Crippen LogP contribution in [0.5, 0.6) is 0 Å². The van der Waals surface area contributed by atoms with Crippen LogP contribution in [0.1, 0.15) is 49.7 Å². The predicted octanol–water partition coefficient (Wildman–Crippen LogP) is 0.200. The molecule has 1 aliphatic rings. The van der Waals surface area contributed by atoms with Gasteiger partial charge in [0.15, 0.2) is 11.5 Å². The lowest BCUT2D eigenvalue weighted by atomic mass is 10.0. The molecule has 1 aliphatic heterocycles. The first-order valence-electron chi connectivity index (χ1n) is 14.9. The summed E-state index contributed by atoms with van der Waals surface area (Å²) in [5.74, 6) is -6.99. The summed E-state index contributed by atoms with van der Waals surface area (Å²) in [6.45, 7) is 4.44. The van der Waals surface area contributed by atoms with Gasteiger partial charge in [0.05, 0.1) is 12.7 Å². The lowest BCUT2D eigenvalue weighted by Crippen LogP contribution is -2.59. The summed E-state index contributed by atoms with van der Waals surface area (Å²) >= 11 is 0. The lowest BCUT2D eigenvalue weighted by Gasteiger charge is -2.28. The standard InChI is InChI=1S/C31H39F2N7O6/c1-17(2)25-29(44)36-18(3)27(42)38-23(13-19-9-6-5-7-10-19)31(46)40(4)16-24(41)34-12-8-11-22(28(43)39-25)37-30(45)26-21(33)14-20(32)15-35-26/h5-7,9-10,14-15,17-18,22-23,25H,8,11-13,16H2,1-4H3,(H,34,41)(H,36,44)(H,37,45)(H,38,42)(H,39,43)/t18-,22+,23+,25-/m1/s1. The Balaban J connectivity index is 1.86. The number of halogens is 2. The molecule has 0 saturated carbocycles. The fourth-order valence-corrected chi connectivity index (χ4v) is 4.73.